The van der Waals surface area contributed by atoms with E-state index in [2.05, 4.69) is 15.6 Å². The Kier molecular flexibility index (Phi) is 5.31. The van der Waals surface area contributed by atoms with Gasteiger partial charge in [0, 0.05) is 10.7 Å². The monoisotopic (exact) mass is 408 g/mol. The normalized spacial score (nSPS) is 11.8. The molecule has 0 saturated heterocycles. The standard InChI is InChI=1S/C21H17ClN4O3/c1-14(29-26-20-13-15(22)7-12-19(20)24-25-26)21(27)23-16-8-10-18(11-9-16)28-17-5-3-2-4-6-17/h2-14H,1H3,(H,23,27). The highest BCUT2D eigenvalue weighted by Gasteiger charge is 2.17. The first-order valence-electron chi connectivity index (χ1n) is 8.90. The van der Waals surface area contributed by atoms with Crippen LogP contribution in [0.5, 0.6) is 11.5 Å². The number of rotatable bonds is 6. The van der Waals surface area contributed by atoms with Gasteiger partial charge in [0.25, 0.3) is 5.91 Å². The van der Waals surface area contributed by atoms with E-state index in [1.807, 2.05) is 30.3 Å². The molecule has 1 atom stereocenters. The van der Waals surface area contributed by atoms with Crippen LogP contribution in [0, 0.1) is 0 Å². The summed E-state index contributed by atoms with van der Waals surface area (Å²) in [5, 5.41) is 11.2. The lowest BCUT2D eigenvalue weighted by molar-refractivity contribution is -0.127. The van der Waals surface area contributed by atoms with Crippen molar-refractivity contribution in [2.24, 2.45) is 0 Å². The van der Waals surface area contributed by atoms with Gasteiger partial charge >= 0.3 is 0 Å². The molecule has 0 fully saturated rings. The zero-order chi connectivity index (χ0) is 20.2. The molecule has 0 saturated carbocycles. The van der Waals surface area contributed by atoms with Crippen molar-refractivity contribution in [3.05, 3.63) is 77.8 Å². The molecule has 1 aromatic heterocycles. The van der Waals surface area contributed by atoms with E-state index in [4.69, 9.17) is 21.2 Å². The topological polar surface area (TPSA) is 78.3 Å². The predicted octanol–water partition coefficient (Wildman–Crippen LogP) is 4.33. The van der Waals surface area contributed by atoms with Crippen LogP contribution >= 0.6 is 11.6 Å². The Morgan fingerprint density at radius 1 is 1.03 bits per heavy atom. The molecule has 0 aliphatic heterocycles. The van der Waals surface area contributed by atoms with E-state index in [0.717, 1.165) is 5.75 Å². The fourth-order valence-electron chi connectivity index (χ4n) is 2.62. The summed E-state index contributed by atoms with van der Waals surface area (Å²) in [4.78, 5) is 19.3. The lowest BCUT2D eigenvalue weighted by Gasteiger charge is -2.14. The van der Waals surface area contributed by atoms with Gasteiger partial charge in [-0.1, -0.05) is 34.6 Å². The number of para-hydroxylation sites is 1. The summed E-state index contributed by atoms with van der Waals surface area (Å²) in [6.45, 7) is 1.63. The lowest BCUT2D eigenvalue weighted by atomic mass is 10.2. The molecule has 1 unspecified atom stereocenters. The number of hydrogen-bond acceptors (Lipinski definition) is 5. The largest absolute Gasteiger partial charge is 0.457 e. The van der Waals surface area contributed by atoms with Crippen LogP contribution in [-0.4, -0.2) is 27.2 Å². The minimum Gasteiger partial charge on any atom is -0.457 e. The second-order valence-electron chi connectivity index (χ2n) is 6.27. The lowest BCUT2D eigenvalue weighted by Crippen LogP contribution is -2.35. The van der Waals surface area contributed by atoms with Crippen molar-refractivity contribution in [2.45, 2.75) is 13.0 Å². The zero-order valence-corrected chi connectivity index (χ0v) is 16.2. The minimum absolute atomic E-state index is 0.326. The van der Waals surface area contributed by atoms with Gasteiger partial charge < -0.3 is 14.9 Å². The third kappa shape index (κ3) is 4.47. The number of anilines is 1. The number of carbonyl (C=O) groups is 1. The van der Waals surface area contributed by atoms with Crippen molar-refractivity contribution in [1.29, 1.82) is 0 Å². The summed E-state index contributed by atoms with van der Waals surface area (Å²) >= 11 is 6.00. The molecule has 7 nitrogen and oxygen atoms in total. The number of benzene rings is 3. The molecule has 0 spiro atoms. The molecule has 0 bridgehead atoms. The fraction of sp³-hybridized carbons (Fsp3) is 0.0952. The van der Waals surface area contributed by atoms with Crippen LogP contribution in [-0.2, 0) is 4.79 Å². The highest BCUT2D eigenvalue weighted by Crippen LogP contribution is 2.23. The van der Waals surface area contributed by atoms with Gasteiger partial charge in [0.15, 0.2) is 0 Å². The SMILES string of the molecule is CC(On1nnc2ccc(Cl)cc21)C(=O)Nc1ccc(Oc2ccccc2)cc1. The smallest absolute Gasteiger partial charge is 0.267 e. The van der Waals surface area contributed by atoms with Crippen molar-refractivity contribution in [3.8, 4) is 11.5 Å². The van der Waals surface area contributed by atoms with Crippen molar-refractivity contribution in [1.82, 2.24) is 15.2 Å². The average molecular weight is 409 g/mol. The molecule has 8 heteroatoms. The molecule has 0 radical (unpaired) electrons. The zero-order valence-electron chi connectivity index (χ0n) is 15.4. The summed E-state index contributed by atoms with van der Waals surface area (Å²) in [5.74, 6) is 1.09. The Morgan fingerprint density at radius 2 is 1.76 bits per heavy atom. The third-order valence-electron chi connectivity index (χ3n) is 4.11. The Hall–Kier alpha value is -3.58. The van der Waals surface area contributed by atoms with Crippen LogP contribution < -0.4 is 14.9 Å². The van der Waals surface area contributed by atoms with Gasteiger partial charge in [0.2, 0.25) is 6.10 Å². The average Bonchev–Trinajstić information content (AvgIpc) is 3.12. The van der Waals surface area contributed by atoms with Crippen LogP contribution in [0.1, 0.15) is 6.92 Å². The minimum atomic E-state index is -0.806. The first kappa shape index (κ1) is 18.8. The molecule has 3 aromatic carbocycles. The molecule has 4 rings (SSSR count). The molecular formula is C21H17ClN4O3. The van der Waals surface area contributed by atoms with E-state index >= 15 is 0 Å². The molecule has 146 valence electrons. The number of halogens is 1. The first-order chi connectivity index (χ1) is 14.1. The van der Waals surface area contributed by atoms with Crippen LogP contribution in [0.25, 0.3) is 11.0 Å². The number of aromatic nitrogens is 3. The molecule has 1 N–H and O–H groups in total. The molecule has 29 heavy (non-hydrogen) atoms. The molecule has 1 heterocycles. The van der Waals surface area contributed by atoms with Crippen molar-refractivity contribution >= 4 is 34.2 Å². The molecule has 0 aliphatic carbocycles. The van der Waals surface area contributed by atoms with E-state index in [-0.39, 0.29) is 5.91 Å². The Morgan fingerprint density at radius 3 is 2.52 bits per heavy atom. The number of hydrogen-bond donors (Lipinski definition) is 1. The molecule has 0 aliphatic rings. The Bertz CT molecular complexity index is 1130. The van der Waals surface area contributed by atoms with Crippen LogP contribution in [0.3, 0.4) is 0 Å². The molecular weight excluding hydrogens is 392 g/mol. The second-order valence-corrected chi connectivity index (χ2v) is 6.71. The Labute approximate surface area is 171 Å². The fourth-order valence-corrected chi connectivity index (χ4v) is 2.79. The number of fused-ring (bicyclic) bond motifs is 1. The highest BCUT2D eigenvalue weighted by molar-refractivity contribution is 6.31. The van der Waals surface area contributed by atoms with Gasteiger partial charge in [-0.2, -0.15) is 0 Å². The van der Waals surface area contributed by atoms with E-state index < -0.39 is 6.10 Å². The third-order valence-corrected chi connectivity index (χ3v) is 4.34. The van der Waals surface area contributed by atoms with E-state index in [9.17, 15) is 4.79 Å². The van der Waals surface area contributed by atoms with Gasteiger partial charge in [-0.05, 0) is 66.7 Å². The second kappa shape index (κ2) is 8.20. The highest BCUT2D eigenvalue weighted by atomic mass is 35.5. The maximum atomic E-state index is 12.5. The maximum Gasteiger partial charge on any atom is 0.267 e. The van der Waals surface area contributed by atoms with Gasteiger partial charge in [-0.25, -0.2) is 0 Å². The van der Waals surface area contributed by atoms with Gasteiger partial charge in [0.05, 0.1) is 0 Å². The van der Waals surface area contributed by atoms with Crippen LogP contribution in [0.2, 0.25) is 5.02 Å². The van der Waals surface area contributed by atoms with E-state index in [1.165, 1.54) is 4.85 Å². The number of nitrogens with one attached hydrogen (secondary N) is 1. The number of ether oxygens (including phenoxy) is 1. The van der Waals surface area contributed by atoms with Crippen LogP contribution in [0.15, 0.2) is 72.8 Å². The molecule has 4 aromatic rings. The number of amides is 1. The summed E-state index contributed by atoms with van der Waals surface area (Å²) in [5.41, 5.74) is 1.83. The van der Waals surface area contributed by atoms with Crippen molar-refractivity contribution in [3.63, 3.8) is 0 Å². The van der Waals surface area contributed by atoms with Crippen LogP contribution in [0.4, 0.5) is 5.69 Å². The predicted molar refractivity (Wildman–Crippen MR) is 110 cm³/mol. The number of carbonyl (C=O) groups excluding carboxylic acids is 1. The summed E-state index contributed by atoms with van der Waals surface area (Å²) in [7, 11) is 0. The van der Waals surface area contributed by atoms with Crippen molar-refractivity contribution in [2.75, 3.05) is 5.32 Å². The van der Waals surface area contributed by atoms with Gasteiger partial charge in [0.1, 0.15) is 22.5 Å². The van der Waals surface area contributed by atoms with Gasteiger partial charge in [-0.15, -0.1) is 5.10 Å². The summed E-state index contributed by atoms with van der Waals surface area (Å²) in [6.07, 6.45) is -0.806. The first-order valence-corrected chi connectivity index (χ1v) is 9.28. The van der Waals surface area contributed by atoms with Gasteiger partial charge in [-0.3, -0.25) is 4.79 Å². The number of nitrogens with zero attached hydrogens (tertiary/aromatic N) is 3. The summed E-state index contributed by atoms with van der Waals surface area (Å²) < 4.78 is 5.74. The quantitative estimate of drug-likeness (QED) is 0.513. The van der Waals surface area contributed by atoms with E-state index in [1.54, 1.807) is 49.4 Å². The van der Waals surface area contributed by atoms with E-state index in [0.29, 0.717) is 27.5 Å². The maximum absolute atomic E-state index is 12.5. The van der Waals surface area contributed by atoms with Crippen molar-refractivity contribution < 1.29 is 14.4 Å². The summed E-state index contributed by atoms with van der Waals surface area (Å²) in [6, 6.07) is 21.7. The molecule has 1 amide bonds. The Balaban J connectivity index is 1.38.